The Hall–Kier alpha value is -1.91. The van der Waals surface area contributed by atoms with Crippen molar-refractivity contribution in [3.05, 3.63) is 65.5 Å². The molecule has 1 fully saturated rings. The van der Waals surface area contributed by atoms with Gasteiger partial charge in [0.2, 0.25) is 5.91 Å². The summed E-state index contributed by atoms with van der Waals surface area (Å²) in [6, 6.07) is 14.8. The third kappa shape index (κ3) is 3.44. The third-order valence-corrected chi connectivity index (χ3v) is 6.23. The Kier molecular flexibility index (Phi) is 6.41. The predicted octanol–water partition coefficient (Wildman–Crippen LogP) is 5.15. The summed E-state index contributed by atoms with van der Waals surface area (Å²) in [6.45, 7) is 0.764. The number of amides is 1. The number of fused-ring (bicyclic) bond motifs is 2. The number of rotatable bonds is 5. The molecule has 2 aromatic carbocycles. The van der Waals surface area contributed by atoms with Gasteiger partial charge in [0.1, 0.15) is 5.82 Å². The molecule has 1 atom stereocenters. The molecule has 1 N–H and O–H groups in total. The predicted molar refractivity (Wildman–Crippen MR) is 114 cm³/mol. The number of carbonyl (C=O) groups excluding carboxylic acids is 1. The molecule has 150 valence electrons. The van der Waals surface area contributed by atoms with Crippen molar-refractivity contribution in [2.24, 2.45) is 0 Å². The van der Waals surface area contributed by atoms with Crippen molar-refractivity contribution >= 4 is 24.0 Å². The lowest BCUT2D eigenvalue weighted by atomic mass is 9.70. The maximum absolute atomic E-state index is 14.0. The Bertz CT molecular complexity index is 835. The summed E-state index contributed by atoms with van der Waals surface area (Å²) in [6.07, 6.45) is 5.97. The van der Waals surface area contributed by atoms with Crippen LogP contribution in [0.1, 0.15) is 55.7 Å². The number of anilines is 1. The number of benzene rings is 2. The molecule has 0 saturated heterocycles. The Labute approximate surface area is 172 Å². The summed E-state index contributed by atoms with van der Waals surface area (Å²) >= 11 is 0. The fraction of sp³-hybridized carbons (Fsp3) is 0.435. The van der Waals surface area contributed by atoms with Gasteiger partial charge < -0.3 is 10.2 Å². The topological polar surface area (TPSA) is 32.3 Å². The van der Waals surface area contributed by atoms with Crippen molar-refractivity contribution in [3.63, 3.8) is 0 Å². The van der Waals surface area contributed by atoms with Gasteiger partial charge in [-0.3, -0.25) is 4.79 Å². The number of halogens is 2. The summed E-state index contributed by atoms with van der Waals surface area (Å²) < 4.78 is 14.0. The highest BCUT2D eigenvalue weighted by atomic mass is 35.5. The molecule has 1 spiro atoms. The summed E-state index contributed by atoms with van der Waals surface area (Å²) in [4.78, 5) is 15.8. The van der Waals surface area contributed by atoms with Crippen molar-refractivity contribution in [3.8, 4) is 0 Å². The van der Waals surface area contributed by atoms with Crippen molar-refractivity contribution in [1.29, 1.82) is 0 Å². The number of hydrogen-bond donors (Lipinski definition) is 1. The van der Waals surface area contributed by atoms with Crippen molar-refractivity contribution in [2.75, 3.05) is 18.5 Å². The monoisotopic (exact) mass is 402 g/mol. The Morgan fingerprint density at radius 2 is 1.86 bits per heavy atom. The van der Waals surface area contributed by atoms with E-state index in [2.05, 4.69) is 17.4 Å². The quantitative estimate of drug-likeness (QED) is 0.750. The highest BCUT2D eigenvalue weighted by Crippen LogP contribution is 2.52. The van der Waals surface area contributed by atoms with Gasteiger partial charge in [-0.05, 0) is 62.2 Å². The van der Waals surface area contributed by atoms with Crippen LogP contribution in [0.2, 0.25) is 0 Å². The molecule has 0 radical (unpaired) electrons. The number of nitrogens with one attached hydrogen (secondary N) is 1. The molecule has 1 saturated carbocycles. The molecule has 4 rings (SSSR count). The van der Waals surface area contributed by atoms with E-state index in [1.54, 1.807) is 12.1 Å². The van der Waals surface area contributed by atoms with Crippen molar-refractivity contribution in [1.82, 2.24) is 5.32 Å². The minimum atomic E-state index is -0.389. The van der Waals surface area contributed by atoms with Gasteiger partial charge in [0.15, 0.2) is 0 Å². The van der Waals surface area contributed by atoms with Crippen LogP contribution in [-0.2, 0) is 10.2 Å². The molecule has 1 aliphatic heterocycles. The second-order valence-electron chi connectivity index (χ2n) is 7.80. The summed E-state index contributed by atoms with van der Waals surface area (Å²) in [5.74, 6) is -0.0527. The van der Waals surface area contributed by atoms with E-state index < -0.39 is 0 Å². The first kappa shape index (κ1) is 20.8. The second kappa shape index (κ2) is 8.62. The maximum Gasteiger partial charge on any atom is 0.238 e. The second-order valence-corrected chi connectivity index (χ2v) is 7.80. The van der Waals surface area contributed by atoms with E-state index in [0.717, 1.165) is 49.9 Å². The van der Waals surface area contributed by atoms with E-state index in [0.29, 0.717) is 0 Å². The highest BCUT2D eigenvalue weighted by Gasteiger charge is 2.52. The minimum absolute atomic E-state index is 0. The van der Waals surface area contributed by atoms with E-state index in [9.17, 15) is 9.18 Å². The Balaban J connectivity index is 0.00000225. The van der Waals surface area contributed by atoms with E-state index in [-0.39, 0.29) is 35.6 Å². The van der Waals surface area contributed by atoms with Gasteiger partial charge in [0.25, 0.3) is 0 Å². The van der Waals surface area contributed by atoms with Crippen LogP contribution in [0.25, 0.3) is 0 Å². The van der Waals surface area contributed by atoms with Crippen LogP contribution in [0, 0.1) is 5.82 Å². The van der Waals surface area contributed by atoms with Gasteiger partial charge in [0.05, 0.1) is 11.5 Å². The molecule has 1 aliphatic carbocycles. The normalized spacial score (nSPS) is 18.6. The molecule has 1 amide bonds. The zero-order valence-corrected chi connectivity index (χ0v) is 17.1. The number of hydrogen-bond acceptors (Lipinski definition) is 2. The van der Waals surface area contributed by atoms with Crippen LogP contribution >= 0.6 is 12.4 Å². The Morgan fingerprint density at radius 1 is 1.11 bits per heavy atom. The molecule has 5 heteroatoms. The van der Waals surface area contributed by atoms with Gasteiger partial charge in [-0.25, -0.2) is 4.39 Å². The lowest BCUT2D eigenvalue weighted by Crippen LogP contribution is -2.43. The average Bonchev–Trinajstić information content (AvgIpc) is 2.92. The zero-order chi connectivity index (χ0) is 18.9. The lowest BCUT2D eigenvalue weighted by Gasteiger charge is -2.35. The highest BCUT2D eigenvalue weighted by molar-refractivity contribution is 6.08. The van der Waals surface area contributed by atoms with Crippen LogP contribution in [-0.4, -0.2) is 19.5 Å². The van der Waals surface area contributed by atoms with Crippen LogP contribution < -0.4 is 10.2 Å². The molecule has 2 aromatic rings. The van der Waals surface area contributed by atoms with E-state index >= 15 is 0 Å². The first-order chi connectivity index (χ1) is 13.2. The minimum Gasteiger partial charge on any atom is -0.320 e. The van der Waals surface area contributed by atoms with Crippen LogP contribution in [0.15, 0.2) is 48.5 Å². The largest absolute Gasteiger partial charge is 0.320 e. The van der Waals surface area contributed by atoms with Gasteiger partial charge in [-0.1, -0.05) is 49.6 Å². The summed E-state index contributed by atoms with van der Waals surface area (Å²) in [5.41, 5.74) is 2.65. The van der Waals surface area contributed by atoms with Gasteiger partial charge >= 0.3 is 0 Å². The third-order valence-electron chi connectivity index (χ3n) is 6.23. The number of para-hydroxylation sites is 1. The lowest BCUT2D eigenvalue weighted by molar-refractivity contribution is -0.124. The molecule has 0 unspecified atom stereocenters. The maximum atomic E-state index is 14.0. The van der Waals surface area contributed by atoms with Crippen LogP contribution in [0.5, 0.6) is 0 Å². The molecule has 0 bridgehead atoms. The average molecular weight is 403 g/mol. The molecule has 2 aliphatic rings. The van der Waals surface area contributed by atoms with Crippen LogP contribution in [0.4, 0.5) is 10.1 Å². The fourth-order valence-electron chi connectivity index (χ4n) is 4.93. The molecule has 3 nitrogen and oxygen atoms in total. The molecule has 28 heavy (non-hydrogen) atoms. The van der Waals surface area contributed by atoms with Crippen LogP contribution in [0.3, 0.4) is 0 Å². The molecule has 0 aromatic heterocycles. The Morgan fingerprint density at radius 3 is 2.57 bits per heavy atom. The van der Waals surface area contributed by atoms with Crippen molar-refractivity contribution in [2.45, 2.75) is 50.0 Å². The smallest absolute Gasteiger partial charge is 0.238 e. The van der Waals surface area contributed by atoms with E-state index in [1.807, 2.05) is 30.1 Å². The SMILES string of the molecule is CNCC[C@H](c1cccc(F)c1)N1C(=O)C2(CCCCC2)c2ccccc21.Cl. The first-order valence-electron chi connectivity index (χ1n) is 10.0. The number of carbonyl (C=O) groups is 1. The summed E-state index contributed by atoms with van der Waals surface area (Å²) in [7, 11) is 1.91. The van der Waals surface area contributed by atoms with Gasteiger partial charge in [-0.2, -0.15) is 0 Å². The fourth-order valence-corrected chi connectivity index (χ4v) is 4.93. The van der Waals surface area contributed by atoms with Gasteiger partial charge in [-0.15, -0.1) is 12.4 Å². The van der Waals surface area contributed by atoms with E-state index in [1.165, 1.54) is 18.1 Å². The first-order valence-corrected chi connectivity index (χ1v) is 10.0. The number of nitrogens with zero attached hydrogens (tertiary/aromatic N) is 1. The van der Waals surface area contributed by atoms with Gasteiger partial charge in [0, 0.05) is 5.69 Å². The van der Waals surface area contributed by atoms with Crippen molar-refractivity contribution < 1.29 is 9.18 Å². The summed E-state index contributed by atoms with van der Waals surface area (Å²) in [5, 5.41) is 3.18. The molecular formula is C23H28ClFN2O. The standard InChI is InChI=1S/C23H27FN2O.ClH/c1-25-15-12-20(17-8-7-9-18(24)16-17)26-21-11-4-3-10-19(21)23(22(26)27)13-5-2-6-14-23;/h3-4,7-11,16,20,25H,2,5-6,12-15H2,1H3;1H/t20-;/m1./s1. The zero-order valence-electron chi connectivity index (χ0n) is 16.3. The van der Waals surface area contributed by atoms with E-state index in [4.69, 9.17) is 0 Å². The molecular weight excluding hydrogens is 375 g/mol. The molecule has 1 heterocycles.